The van der Waals surface area contributed by atoms with E-state index in [1.165, 1.54) is 17.7 Å². The van der Waals surface area contributed by atoms with Crippen molar-refractivity contribution < 1.29 is 26.2 Å². The molecule has 3 aliphatic rings. The predicted octanol–water partition coefficient (Wildman–Crippen LogP) is 13.0. The van der Waals surface area contributed by atoms with Crippen LogP contribution in [0.15, 0.2) is 176 Å². The van der Waals surface area contributed by atoms with Gasteiger partial charge in [0, 0.05) is 35.6 Å². The topological polar surface area (TPSA) is 21.9 Å². The molecule has 12 rings (SSSR count). The van der Waals surface area contributed by atoms with Gasteiger partial charge in [-0.3, -0.25) is 0 Å². The van der Waals surface area contributed by atoms with E-state index in [-0.39, 0.29) is 11.0 Å². The molecule has 1 spiro atoms. The molecule has 0 bridgehead atoms. The van der Waals surface area contributed by atoms with Crippen molar-refractivity contribution in [1.29, 1.82) is 0 Å². The zero-order chi connectivity index (χ0) is 48.9. The number of ether oxygens (including phenoxy) is 1. The predicted molar refractivity (Wildman–Crippen MR) is 247 cm³/mol. The molecule has 0 amide bonds. The van der Waals surface area contributed by atoms with Gasteiger partial charge in [0.1, 0.15) is 22.6 Å². The van der Waals surface area contributed by atoms with Gasteiger partial charge in [0.2, 0.25) is 5.69 Å². The van der Waals surface area contributed by atoms with Gasteiger partial charge in [0.15, 0.2) is 17.2 Å². The van der Waals surface area contributed by atoms with Crippen LogP contribution in [0.1, 0.15) is 70.4 Å². The Kier molecular flexibility index (Phi) is 5.67. The summed E-state index contributed by atoms with van der Waals surface area (Å²) in [6.07, 6.45) is 2.03. The molecule has 0 fully saturated rings. The third-order valence-corrected chi connectivity index (χ3v) is 12.8. The van der Waals surface area contributed by atoms with Crippen molar-refractivity contribution in [3.8, 4) is 78.6 Å². The highest BCUT2D eigenvalue weighted by atomic mass is 16.5. The number of rotatable bonds is 4. The zero-order valence-electron chi connectivity index (χ0n) is 43.0. The third kappa shape index (κ3) is 5.12. The molecule has 9 aromatic rings. The number of fused-ring (bicyclic) bond motifs is 5. The van der Waals surface area contributed by atoms with Gasteiger partial charge in [-0.2, -0.15) is 4.57 Å². The van der Waals surface area contributed by atoms with Crippen LogP contribution in [0.3, 0.4) is 0 Å². The van der Waals surface area contributed by atoms with Crippen molar-refractivity contribution in [3.05, 3.63) is 193 Å². The van der Waals surface area contributed by atoms with E-state index in [4.69, 9.17) is 17.1 Å². The molecule has 1 atom stereocenters. The van der Waals surface area contributed by atoms with Gasteiger partial charge < -0.3 is 4.74 Å². The Hall–Kier alpha value is -7.04. The third-order valence-electron chi connectivity index (χ3n) is 12.8. The highest BCUT2D eigenvalue weighted by molar-refractivity contribution is 5.99. The fraction of sp³-hybridized carbons (Fsp3) is 0.158. The highest BCUT2D eigenvalue weighted by Gasteiger charge is 2.68. The molecule has 4 nitrogen and oxygen atoms in total. The average molecular weight is 799 g/mol. The Bertz CT molecular complexity index is 3590. The van der Waals surface area contributed by atoms with Gasteiger partial charge in [-0.1, -0.05) is 151 Å². The van der Waals surface area contributed by atoms with Crippen molar-refractivity contribution in [1.82, 2.24) is 4.57 Å². The van der Waals surface area contributed by atoms with Gasteiger partial charge in [0.05, 0.1) is 5.56 Å². The quantitative estimate of drug-likeness (QED) is 0.163. The first-order valence-electron chi connectivity index (χ1n) is 25.3. The first-order valence-corrected chi connectivity index (χ1v) is 20.8. The molecule has 3 aliphatic heterocycles. The summed E-state index contributed by atoms with van der Waals surface area (Å²) >= 11 is 0. The van der Waals surface area contributed by atoms with Crippen LogP contribution < -0.4 is 13.9 Å². The van der Waals surface area contributed by atoms with Crippen LogP contribution in [0.2, 0.25) is 0 Å². The molecule has 0 N–H and O–H groups in total. The number of benzene rings is 7. The Morgan fingerprint density at radius 3 is 1.90 bits per heavy atom. The van der Waals surface area contributed by atoms with Crippen LogP contribution in [-0.4, -0.2) is 4.57 Å². The van der Waals surface area contributed by atoms with Crippen LogP contribution in [0.4, 0.5) is 0 Å². The van der Waals surface area contributed by atoms with Crippen molar-refractivity contribution in [2.45, 2.75) is 58.0 Å². The molecule has 0 saturated heterocycles. The molecule has 4 heteroatoms. The fourth-order valence-electron chi connectivity index (χ4n) is 9.90. The molecule has 0 radical (unpaired) electrons. The monoisotopic (exact) mass is 798 g/mol. The minimum atomic E-state index is -3.37. The summed E-state index contributed by atoms with van der Waals surface area (Å²) in [6.45, 7) is -3.36. The number of imidazole rings is 1. The summed E-state index contributed by atoms with van der Waals surface area (Å²) in [7, 11) is 0. The van der Waals surface area contributed by atoms with E-state index >= 15 is 0 Å². The van der Waals surface area contributed by atoms with Crippen molar-refractivity contribution in [3.63, 3.8) is 0 Å². The summed E-state index contributed by atoms with van der Waals surface area (Å²) in [6, 6.07) is 57.0. The fourth-order valence-corrected chi connectivity index (χ4v) is 9.90. The largest absolute Gasteiger partial charge is 0.499 e. The maximum Gasteiger partial charge on any atom is 0.499 e. The molecular formula is C57H47N3O+2. The zero-order valence-corrected chi connectivity index (χ0v) is 34.0. The van der Waals surface area contributed by atoms with E-state index in [1.807, 2.05) is 48.7 Å². The summed E-state index contributed by atoms with van der Waals surface area (Å²) in [4.78, 5) is 0. The van der Waals surface area contributed by atoms with E-state index in [2.05, 4.69) is 138 Å². The molecule has 0 aliphatic carbocycles. The number of hydrogen-bond acceptors (Lipinski definition) is 1. The SMILES string of the molecule is [2H]C([2H])([2H])C(c1ccc(-c2cc[n+]3c(c2)-c2cc(-c4ccccc4)cc4c2C32Oc3ccccc3-c3n(-c5cc(-c6ccccc6)cc(C(C)(C)C)c5)c5cccc-4c5[n+]32)cc1)(C([2H])([2H])[2H])C([2H])([2H])[2H]. The highest BCUT2D eigenvalue weighted by Crippen LogP contribution is 2.54. The maximum absolute atomic E-state index is 8.31. The van der Waals surface area contributed by atoms with Gasteiger partial charge in [-0.15, -0.1) is 9.13 Å². The second-order valence-corrected chi connectivity index (χ2v) is 17.6. The number of nitrogens with zero attached hydrogens (tertiary/aromatic N) is 3. The normalized spacial score (nSPS) is 18.4. The lowest BCUT2D eigenvalue weighted by Crippen LogP contribution is -2.78. The molecular weight excluding hydrogens is 743 g/mol. The smallest absolute Gasteiger partial charge is 0.392 e. The number of pyridine rings is 1. The first kappa shape index (κ1) is 27.7. The molecule has 61 heavy (non-hydrogen) atoms. The van der Waals surface area contributed by atoms with E-state index in [9.17, 15) is 0 Å². The van der Waals surface area contributed by atoms with Gasteiger partial charge >= 0.3 is 11.7 Å². The molecule has 5 heterocycles. The van der Waals surface area contributed by atoms with Crippen LogP contribution in [0.5, 0.6) is 5.75 Å². The van der Waals surface area contributed by atoms with Gasteiger partial charge in [-0.25, -0.2) is 0 Å². The molecule has 0 saturated carbocycles. The van der Waals surface area contributed by atoms with Crippen molar-refractivity contribution in [2.75, 3.05) is 0 Å². The second kappa shape index (κ2) is 12.5. The van der Waals surface area contributed by atoms with E-state index in [0.29, 0.717) is 5.56 Å². The number of hydrogen-bond donors (Lipinski definition) is 0. The Labute approximate surface area is 370 Å². The van der Waals surface area contributed by atoms with Crippen LogP contribution >= 0.6 is 0 Å². The molecule has 1 unspecified atom stereocenters. The van der Waals surface area contributed by atoms with E-state index < -0.39 is 31.8 Å². The number of para-hydroxylation sites is 2. The summed E-state index contributed by atoms with van der Waals surface area (Å²) in [5.74, 6) is 0.428. The lowest BCUT2D eigenvalue weighted by atomic mass is 9.85. The lowest BCUT2D eigenvalue weighted by molar-refractivity contribution is -0.997. The molecule has 7 aromatic carbocycles. The average Bonchev–Trinajstić information content (AvgIpc) is 3.82. The summed E-state index contributed by atoms with van der Waals surface area (Å²) in [5, 5.41) is 0. The van der Waals surface area contributed by atoms with Crippen LogP contribution in [0, 0.1) is 0 Å². The first-order chi connectivity index (χ1) is 33.2. The maximum atomic E-state index is 8.31. The summed E-state index contributed by atoms with van der Waals surface area (Å²) < 4.78 is 89.4. The van der Waals surface area contributed by atoms with E-state index in [0.717, 1.165) is 89.6 Å². The lowest BCUT2D eigenvalue weighted by Gasteiger charge is -2.32. The minimum Gasteiger partial charge on any atom is -0.392 e. The number of aromatic nitrogens is 3. The minimum absolute atomic E-state index is 0.169. The Balaban J connectivity index is 1.15. The standard InChI is InChI=1S/C57H47N3O/c1-55(2,3)42-26-24-38(25-27-42)39-28-29-58-50(34-39)48-33-41(37-18-11-8-12-19-37)32-47-45-21-15-22-49-53(45)60-54(46-20-13-14-23-51(46)61-57(58,60)52(47)48)59(49)44-31-40(36-16-9-7-10-17-36)30-43(35-44)56(4,5)6/h7-35H,1-6H3/q+2/i1D3,2D3,3D3. The Morgan fingerprint density at radius 2 is 1.18 bits per heavy atom. The van der Waals surface area contributed by atoms with Gasteiger partial charge in [0.25, 0.3) is 0 Å². The van der Waals surface area contributed by atoms with Gasteiger partial charge in [-0.05, 0) is 104 Å². The Morgan fingerprint density at radius 1 is 0.525 bits per heavy atom. The van der Waals surface area contributed by atoms with Crippen LogP contribution in [-0.2, 0) is 16.7 Å². The molecule has 2 aromatic heterocycles. The second-order valence-electron chi connectivity index (χ2n) is 17.6. The van der Waals surface area contributed by atoms with Crippen molar-refractivity contribution >= 4 is 11.0 Å². The summed E-state index contributed by atoms with van der Waals surface area (Å²) in [5.41, 5.74) is 12.2. The molecule has 294 valence electrons. The van der Waals surface area contributed by atoms with E-state index in [1.54, 1.807) is 12.1 Å². The van der Waals surface area contributed by atoms with Crippen LogP contribution in [0.25, 0.3) is 83.9 Å². The van der Waals surface area contributed by atoms with Crippen molar-refractivity contribution in [2.24, 2.45) is 0 Å².